The van der Waals surface area contributed by atoms with Gasteiger partial charge in [-0.1, -0.05) is 36.7 Å². The first-order valence-electron chi connectivity index (χ1n) is 5.70. The molecule has 2 nitrogen and oxygen atoms in total. The number of benzene rings is 1. The van der Waals surface area contributed by atoms with Crippen molar-refractivity contribution in [2.24, 2.45) is 11.7 Å². The second-order valence-corrected chi connectivity index (χ2v) is 4.87. The Morgan fingerprint density at radius 1 is 1.31 bits per heavy atom. The molecule has 0 amide bonds. The Labute approximate surface area is 103 Å². The summed E-state index contributed by atoms with van der Waals surface area (Å²) in [6.45, 7) is 5.96. The van der Waals surface area contributed by atoms with Crippen molar-refractivity contribution in [3.8, 4) is 0 Å². The molecule has 0 spiro atoms. The van der Waals surface area contributed by atoms with E-state index in [1.165, 1.54) is 5.56 Å². The van der Waals surface area contributed by atoms with Crippen molar-refractivity contribution in [3.63, 3.8) is 0 Å². The summed E-state index contributed by atoms with van der Waals surface area (Å²) in [4.78, 5) is 2.29. The summed E-state index contributed by atoms with van der Waals surface area (Å²) >= 11 is 6.14. The minimum absolute atomic E-state index is 0.460. The van der Waals surface area contributed by atoms with Gasteiger partial charge in [0.25, 0.3) is 0 Å². The fraction of sp³-hybridized carbons (Fsp3) is 0.538. The van der Waals surface area contributed by atoms with E-state index >= 15 is 0 Å². The van der Waals surface area contributed by atoms with Crippen LogP contribution in [-0.4, -0.2) is 24.5 Å². The zero-order valence-electron chi connectivity index (χ0n) is 10.3. The zero-order chi connectivity index (χ0) is 12.1. The summed E-state index contributed by atoms with van der Waals surface area (Å²) in [6, 6.07) is 8.44. The van der Waals surface area contributed by atoms with Crippen molar-refractivity contribution in [2.75, 3.05) is 13.6 Å². The van der Waals surface area contributed by atoms with Gasteiger partial charge in [0, 0.05) is 17.6 Å². The molecule has 0 saturated carbocycles. The van der Waals surface area contributed by atoms with Gasteiger partial charge in [0.2, 0.25) is 0 Å². The summed E-state index contributed by atoms with van der Waals surface area (Å²) in [5, 5.41) is 0.835. The van der Waals surface area contributed by atoms with Crippen molar-refractivity contribution in [1.82, 2.24) is 4.90 Å². The third kappa shape index (κ3) is 3.48. The molecule has 0 radical (unpaired) electrons. The Hall–Kier alpha value is -0.570. The van der Waals surface area contributed by atoms with Gasteiger partial charge in [0.05, 0.1) is 0 Å². The van der Waals surface area contributed by atoms with E-state index in [1.54, 1.807) is 0 Å². The van der Waals surface area contributed by atoms with Crippen LogP contribution < -0.4 is 5.73 Å². The first kappa shape index (κ1) is 13.5. The van der Waals surface area contributed by atoms with Crippen LogP contribution in [0, 0.1) is 5.92 Å². The third-order valence-corrected chi connectivity index (χ3v) is 3.64. The Bertz CT molecular complexity index is 327. The Balaban J connectivity index is 2.64. The minimum Gasteiger partial charge on any atom is -0.330 e. The normalized spacial score (nSPS) is 15.1. The molecule has 90 valence electrons. The van der Waals surface area contributed by atoms with Crippen molar-refractivity contribution in [3.05, 3.63) is 34.9 Å². The second-order valence-electron chi connectivity index (χ2n) is 4.46. The highest BCUT2D eigenvalue weighted by Crippen LogP contribution is 2.18. The lowest BCUT2D eigenvalue weighted by atomic mass is 10.0. The van der Waals surface area contributed by atoms with Crippen molar-refractivity contribution in [1.29, 1.82) is 0 Å². The number of halogens is 1. The number of hydrogen-bond donors (Lipinski definition) is 1. The summed E-state index contributed by atoms with van der Waals surface area (Å²) in [7, 11) is 2.11. The molecule has 16 heavy (non-hydrogen) atoms. The Kier molecular flexibility index (Phi) is 5.26. The molecule has 1 aromatic carbocycles. The molecule has 0 heterocycles. The van der Waals surface area contributed by atoms with Crippen LogP contribution in [0.3, 0.4) is 0 Å². The lowest BCUT2D eigenvalue weighted by molar-refractivity contribution is 0.195. The third-order valence-electron chi connectivity index (χ3n) is 3.27. The van der Waals surface area contributed by atoms with E-state index in [0.717, 1.165) is 11.6 Å². The van der Waals surface area contributed by atoms with Crippen LogP contribution in [0.15, 0.2) is 24.3 Å². The fourth-order valence-electron chi connectivity index (χ4n) is 1.67. The molecule has 3 heteroatoms. The largest absolute Gasteiger partial charge is 0.330 e. The van der Waals surface area contributed by atoms with E-state index < -0.39 is 0 Å². The molecule has 2 unspecified atom stereocenters. The SMILES string of the molecule is CC(CN)C(C)N(C)Cc1ccccc1Cl. The molecule has 0 saturated heterocycles. The number of hydrogen-bond acceptors (Lipinski definition) is 2. The highest BCUT2D eigenvalue weighted by Gasteiger charge is 2.16. The van der Waals surface area contributed by atoms with E-state index in [2.05, 4.69) is 31.9 Å². The van der Waals surface area contributed by atoms with Crippen LogP contribution in [0.5, 0.6) is 0 Å². The van der Waals surface area contributed by atoms with Gasteiger partial charge in [-0.05, 0) is 38.1 Å². The molecule has 2 N–H and O–H groups in total. The van der Waals surface area contributed by atoms with Gasteiger partial charge in [0.1, 0.15) is 0 Å². The monoisotopic (exact) mass is 240 g/mol. The van der Waals surface area contributed by atoms with E-state index in [4.69, 9.17) is 17.3 Å². The molecule has 0 aromatic heterocycles. The highest BCUT2D eigenvalue weighted by molar-refractivity contribution is 6.31. The van der Waals surface area contributed by atoms with Gasteiger partial charge >= 0.3 is 0 Å². The van der Waals surface area contributed by atoms with Crippen molar-refractivity contribution in [2.45, 2.75) is 26.4 Å². The molecular formula is C13H21ClN2. The molecule has 2 atom stereocenters. The van der Waals surface area contributed by atoms with Crippen molar-refractivity contribution < 1.29 is 0 Å². The summed E-state index contributed by atoms with van der Waals surface area (Å²) < 4.78 is 0. The van der Waals surface area contributed by atoms with Gasteiger partial charge in [-0.2, -0.15) is 0 Å². The van der Waals surface area contributed by atoms with Crippen molar-refractivity contribution >= 4 is 11.6 Å². The molecule has 0 aliphatic rings. The van der Waals surface area contributed by atoms with E-state index in [-0.39, 0.29) is 0 Å². The Morgan fingerprint density at radius 2 is 1.94 bits per heavy atom. The van der Waals surface area contributed by atoms with Crippen LogP contribution in [0.2, 0.25) is 5.02 Å². The first-order chi connectivity index (χ1) is 7.56. The quantitative estimate of drug-likeness (QED) is 0.858. The van der Waals surface area contributed by atoms with Crippen LogP contribution >= 0.6 is 11.6 Å². The maximum absolute atomic E-state index is 6.14. The van der Waals surface area contributed by atoms with Gasteiger partial charge in [-0.15, -0.1) is 0 Å². The summed E-state index contributed by atoms with van der Waals surface area (Å²) in [5.41, 5.74) is 6.85. The van der Waals surface area contributed by atoms with Gasteiger partial charge in [-0.3, -0.25) is 4.90 Å². The molecule has 0 aliphatic heterocycles. The van der Waals surface area contributed by atoms with E-state index in [1.807, 2.05) is 18.2 Å². The van der Waals surface area contributed by atoms with Crippen LogP contribution in [0.1, 0.15) is 19.4 Å². The van der Waals surface area contributed by atoms with Crippen LogP contribution in [0.4, 0.5) is 0 Å². The standard InChI is InChI=1S/C13H21ClN2/c1-10(8-15)11(2)16(3)9-12-6-4-5-7-13(12)14/h4-7,10-11H,8-9,15H2,1-3H3. The Morgan fingerprint density at radius 3 is 2.50 bits per heavy atom. The topological polar surface area (TPSA) is 29.3 Å². The maximum Gasteiger partial charge on any atom is 0.0451 e. The number of nitrogens with two attached hydrogens (primary N) is 1. The molecule has 1 rings (SSSR count). The fourth-order valence-corrected chi connectivity index (χ4v) is 1.87. The minimum atomic E-state index is 0.460. The molecular weight excluding hydrogens is 220 g/mol. The highest BCUT2D eigenvalue weighted by atomic mass is 35.5. The van der Waals surface area contributed by atoms with Gasteiger partial charge in [0.15, 0.2) is 0 Å². The predicted molar refractivity (Wildman–Crippen MR) is 70.6 cm³/mol. The zero-order valence-corrected chi connectivity index (χ0v) is 11.0. The smallest absolute Gasteiger partial charge is 0.0451 e. The van der Waals surface area contributed by atoms with Crippen LogP contribution in [0.25, 0.3) is 0 Å². The average Bonchev–Trinajstić information content (AvgIpc) is 2.30. The summed E-state index contributed by atoms with van der Waals surface area (Å²) in [5.74, 6) is 0.493. The van der Waals surface area contributed by atoms with E-state index in [9.17, 15) is 0 Å². The molecule has 0 bridgehead atoms. The lowest BCUT2D eigenvalue weighted by Crippen LogP contribution is -2.37. The second kappa shape index (κ2) is 6.24. The van der Waals surface area contributed by atoms with Gasteiger partial charge in [-0.25, -0.2) is 0 Å². The van der Waals surface area contributed by atoms with Crippen LogP contribution in [-0.2, 0) is 6.54 Å². The lowest BCUT2D eigenvalue weighted by Gasteiger charge is -2.29. The first-order valence-corrected chi connectivity index (χ1v) is 6.07. The van der Waals surface area contributed by atoms with Gasteiger partial charge < -0.3 is 5.73 Å². The number of rotatable bonds is 5. The summed E-state index contributed by atoms with van der Waals surface area (Å²) in [6.07, 6.45) is 0. The molecule has 0 fully saturated rings. The average molecular weight is 241 g/mol. The van der Waals surface area contributed by atoms with E-state index in [0.29, 0.717) is 18.5 Å². The maximum atomic E-state index is 6.14. The molecule has 0 aliphatic carbocycles. The molecule has 1 aromatic rings. The predicted octanol–water partition coefficient (Wildman–Crippen LogP) is 2.76. The number of nitrogens with zero attached hydrogens (tertiary/aromatic N) is 1.